The van der Waals surface area contributed by atoms with Crippen molar-refractivity contribution in [1.82, 2.24) is 0 Å². The molecule has 0 rings (SSSR count). The van der Waals surface area contributed by atoms with E-state index >= 15 is 0 Å². The van der Waals surface area contributed by atoms with Crippen LogP contribution in [0.4, 0.5) is 0 Å². The van der Waals surface area contributed by atoms with Gasteiger partial charge in [0.1, 0.15) is 6.10 Å². The summed E-state index contributed by atoms with van der Waals surface area (Å²) in [6, 6.07) is 0. The van der Waals surface area contributed by atoms with Gasteiger partial charge in [-0.05, 0) is 6.42 Å². The highest BCUT2D eigenvalue weighted by Crippen LogP contribution is 1.98. The molecule has 1 radical (unpaired) electrons. The van der Waals surface area contributed by atoms with Gasteiger partial charge in [0.05, 0.1) is 6.10 Å². The Kier molecular flexibility index (Phi) is 4.26. The summed E-state index contributed by atoms with van der Waals surface area (Å²) in [5.41, 5.74) is 0. The van der Waals surface area contributed by atoms with Crippen LogP contribution < -0.4 is 0 Å². The van der Waals surface area contributed by atoms with Crippen molar-refractivity contribution < 1.29 is 15.0 Å². The Hall–Kier alpha value is -0.410. The van der Waals surface area contributed by atoms with Gasteiger partial charge in [-0.1, -0.05) is 6.92 Å². The summed E-state index contributed by atoms with van der Waals surface area (Å²) < 4.78 is 0. The molecular formula is C6H11O3. The third-order valence-corrected chi connectivity index (χ3v) is 1.10. The van der Waals surface area contributed by atoms with Crippen molar-refractivity contribution in [3.8, 4) is 0 Å². The minimum atomic E-state index is -1.13. The van der Waals surface area contributed by atoms with Gasteiger partial charge in [0.25, 0.3) is 0 Å². The Balaban J connectivity index is 3.33. The zero-order valence-electron chi connectivity index (χ0n) is 5.37. The van der Waals surface area contributed by atoms with E-state index in [0.29, 0.717) is 6.42 Å². The Morgan fingerprint density at radius 2 is 2.11 bits per heavy atom. The Labute approximate surface area is 54.3 Å². The second-order valence-electron chi connectivity index (χ2n) is 1.93. The molecule has 0 aromatic rings. The lowest BCUT2D eigenvalue weighted by Crippen LogP contribution is -2.17. The second-order valence-corrected chi connectivity index (χ2v) is 1.93. The van der Waals surface area contributed by atoms with Gasteiger partial charge in [-0.2, -0.15) is 0 Å². The fourth-order valence-corrected chi connectivity index (χ4v) is 0.472. The highest BCUT2D eigenvalue weighted by atomic mass is 16.3. The molecule has 0 bridgehead atoms. The van der Waals surface area contributed by atoms with Crippen LogP contribution in [-0.4, -0.2) is 28.7 Å². The zero-order valence-corrected chi connectivity index (χ0v) is 5.37. The van der Waals surface area contributed by atoms with E-state index in [2.05, 4.69) is 0 Å². The van der Waals surface area contributed by atoms with Crippen LogP contribution in [0.15, 0.2) is 0 Å². The van der Waals surface area contributed by atoms with E-state index < -0.39 is 12.2 Å². The van der Waals surface area contributed by atoms with Crippen LogP contribution in [0.5, 0.6) is 0 Å². The molecule has 2 N–H and O–H groups in total. The van der Waals surface area contributed by atoms with E-state index in [1.165, 1.54) is 6.29 Å². The van der Waals surface area contributed by atoms with Crippen LogP contribution >= 0.6 is 0 Å². The van der Waals surface area contributed by atoms with Crippen LogP contribution in [0.25, 0.3) is 0 Å². The lowest BCUT2D eigenvalue weighted by molar-refractivity contribution is 0.108. The normalized spacial score (nSPS) is 16.8. The number of carbonyl (C=O) groups excluding carboxylic acids is 1. The van der Waals surface area contributed by atoms with Gasteiger partial charge in [0, 0.05) is 6.42 Å². The van der Waals surface area contributed by atoms with Crippen LogP contribution in [-0.2, 0) is 4.79 Å². The molecule has 9 heavy (non-hydrogen) atoms. The van der Waals surface area contributed by atoms with Crippen molar-refractivity contribution in [3.05, 3.63) is 0 Å². The van der Waals surface area contributed by atoms with Gasteiger partial charge >= 0.3 is 0 Å². The number of aliphatic hydroxyl groups is 2. The summed E-state index contributed by atoms with van der Waals surface area (Å²) in [6.07, 6.45) is 0.320. The van der Waals surface area contributed by atoms with Crippen LogP contribution in [0.3, 0.4) is 0 Å². The molecule has 0 saturated heterocycles. The molecule has 0 amide bonds. The number of aliphatic hydroxyl groups excluding tert-OH is 2. The predicted octanol–water partition coefficient (Wildman–Crippen LogP) is -0.382. The van der Waals surface area contributed by atoms with Crippen LogP contribution in [0.2, 0.25) is 0 Å². The second kappa shape index (κ2) is 4.47. The van der Waals surface area contributed by atoms with Crippen LogP contribution in [0, 0.1) is 0 Å². The third-order valence-electron chi connectivity index (χ3n) is 1.10. The molecule has 0 fully saturated rings. The Morgan fingerprint density at radius 3 is 2.44 bits per heavy atom. The zero-order chi connectivity index (χ0) is 7.28. The lowest BCUT2D eigenvalue weighted by atomic mass is 10.1. The third kappa shape index (κ3) is 4.12. The maximum absolute atomic E-state index is 9.67. The maximum Gasteiger partial charge on any atom is 0.229 e. The molecule has 0 saturated carbocycles. The first kappa shape index (κ1) is 8.59. The first-order chi connectivity index (χ1) is 4.20. The molecule has 0 aliphatic heterocycles. The minimum absolute atomic E-state index is 0.0972. The van der Waals surface area contributed by atoms with Crippen LogP contribution in [0.1, 0.15) is 19.8 Å². The maximum atomic E-state index is 9.67. The van der Waals surface area contributed by atoms with Crippen molar-refractivity contribution in [2.45, 2.75) is 32.0 Å². The smallest absolute Gasteiger partial charge is 0.229 e. The molecule has 53 valence electrons. The topological polar surface area (TPSA) is 57.5 Å². The first-order valence-electron chi connectivity index (χ1n) is 2.94. The monoisotopic (exact) mass is 131 g/mol. The molecule has 0 unspecified atom stereocenters. The number of rotatable bonds is 4. The molecule has 3 heteroatoms. The highest BCUT2D eigenvalue weighted by molar-refractivity contribution is 5.56. The van der Waals surface area contributed by atoms with Crippen molar-refractivity contribution in [1.29, 1.82) is 0 Å². The van der Waals surface area contributed by atoms with E-state index in [1.54, 1.807) is 6.92 Å². The lowest BCUT2D eigenvalue weighted by Gasteiger charge is -2.06. The molecule has 0 aromatic carbocycles. The molecule has 0 spiro atoms. The number of hydrogen-bond acceptors (Lipinski definition) is 3. The summed E-state index contributed by atoms with van der Waals surface area (Å²) in [4.78, 5) is 9.67. The van der Waals surface area contributed by atoms with Gasteiger partial charge in [-0.15, -0.1) is 0 Å². The van der Waals surface area contributed by atoms with Gasteiger partial charge in [-0.3, -0.25) is 4.79 Å². The quantitative estimate of drug-likeness (QED) is 0.546. The summed E-state index contributed by atoms with van der Waals surface area (Å²) >= 11 is 0. The predicted molar refractivity (Wildman–Crippen MR) is 32.6 cm³/mol. The first-order valence-corrected chi connectivity index (χ1v) is 2.94. The van der Waals surface area contributed by atoms with Gasteiger partial charge < -0.3 is 10.2 Å². The molecular weight excluding hydrogens is 120 g/mol. The Bertz CT molecular complexity index is 82.4. The molecule has 0 heterocycles. The summed E-state index contributed by atoms with van der Waals surface area (Å²) in [5.74, 6) is 0. The van der Waals surface area contributed by atoms with E-state index in [1.807, 2.05) is 0 Å². The van der Waals surface area contributed by atoms with Gasteiger partial charge in [0.2, 0.25) is 6.29 Å². The van der Waals surface area contributed by atoms with Crippen molar-refractivity contribution in [2.75, 3.05) is 0 Å². The SMILES string of the molecule is CC[C@@H](O)C[C@H](O)[C]=O. The fourth-order valence-electron chi connectivity index (χ4n) is 0.472. The molecule has 0 aliphatic carbocycles. The molecule has 0 aliphatic rings. The van der Waals surface area contributed by atoms with Crippen molar-refractivity contribution >= 4 is 6.29 Å². The van der Waals surface area contributed by atoms with E-state index in [0.717, 1.165) is 0 Å². The van der Waals surface area contributed by atoms with Crippen molar-refractivity contribution in [3.63, 3.8) is 0 Å². The van der Waals surface area contributed by atoms with E-state index in [9.17, 15) is 4.79 Å². The summed E-state index contributed by atoms with van der Waals surface area (Å²) in [5, 5.41) is 17.4. The average Bonchev–Trinajstić information content (AvgIpc) is 1.87. The largest absolute Gasteiger partial charge is 0.393 e. The minimum Gasteiger partial charge on any atom is -0.393 e. The molecule has 2 atom stereocenters. The van der Waals surface area contributed by atoms with Gasteiger partial charge in [0.15, 0.2) is 0 Å². The van der Waals surface area contributed by atoms with E-state index in [4.69, 9.17) is 10.2 Å². The Morgan fingerprint density at radius 1 is 1.56 bits per heavy atom. The van der Waals surface area contributed by atoms with Gasteiger partial charge in [-0.25, -0.2) is 0 Å². The molecule has 0 aromatic heterocycles. The summed E-state index contributed by atoms with van der Waals surface area (Å²) in [6.45, 7) is 1.78. The highest BCUT2D eigenvalue weighted by Gasteiger charge is 2.08. The number of hydrogen-bond donors (Lipinski definition) is 2. The standard InChI is InChI=1S/C6H11O3/c1-2-5(8)3-6(9)4-7/h5-6,8-9H,2-3H2,1H3/t5-,6+/m1/s1. The average molecular weight is 131 g/mol. The van der Waals surface area contributed by atoms with Crippen molar-refractivity contribution in [2.24, 2.45) is 0 Å². The van der Waals surface area contributed by atoms with E-state index in [-0.39, 0.29) is 6.42 Å². The fraction of sp³-hybridized carbons (Fsp3) is 0.833. The summed E-state index contributed by atoms with van der Waals surface area (Å²) in [7, 11) is 0. The molecule has 3 nitrogen and oxygen atoms in total.